The van der Waals surface area contributed by atoms with E-state index in [1.165, 1.54) is 12.1 Å². The summed E-state index contributed by atoms with van der Waals surface area (Å²) in [6, 6.07) is 6.09. The molecule has 82 valence electrons. The largest absolute Gasteiger partial charge is 0.508 e. The van der Waals surface area contributed by atoms with Gasteiger partial charge in [0.05, 0.1) is 5.60 Å². The molecule has 0 bridgehead atoms. The van der Waals surface area contributed by atoms with Crippen LogP contribution in [-0.4, -0.2) is 21.3 Å². The van der Waals surface area contributed by atoms with E-state index < -0.39 is 11.6 Å². The van der Waals surface area contributed by atoms with Crippen molar-refractivity contribution in [2.45, 2.75) is 25.4 Å². The summed E-state index contributed by atoms with van der Waals surface area (Å²) in [7, 11) is 0. The van der Waals surface area contributed by atoms with Crippen LogP contribution < -0.4 is 0 Å². The molecule has 1 aromatic rings. The smallest absolute Gasteiger partial charge is 0.303 e. The lowest BCUT2D eigenvalue weighted by Gasteiger charge is -2.22. The summed E-state index contributed by atoms with van der Waals surface area (Å²) < 4.78 is 0. The van der Waals surface area contributed by atoms with E-state index in [1.54, 1.807) is 19.1 Å². The molecule has 1 atom stereocenters. The summed E-state index contributed by atoms with van der Waals surface area (Å²) in [6.07, 6.45) is 0.0565. The Hall–Kier alpha value is -1.55. The van der Waals surface area contributed by atoms with Crippen LogP contribution in [0.5, 0.6) is 5.75 Å². The van der Waals surface area contributed by atoms with Gasteiger partial charge in [-0.1, -0.05) is 12.1 Å². The Bertz CT molecular complexity index is 340. The van der Waals surface area contributed by atoms with Crippen molar-refractivity contribution in [3.05, 3.63) is 29.8 Å². The number of phenolic OH excluding ortho intramolecular Hbond substituents is 1. The molecule has 1 unspecified atom stereocenters. The quantitative estimate of drug-likeness (QED) is 0.703. The second kappa shape index (κ2) is 4.31. The minimum Gasteiger partial charge on any atom is -0.508 e. The summed E-state index contributed by atoms with van der Waals surface area (Å²) >= 11 is 0. The molecule has 1 rings (SSSR count). The normalized spacial score (nSPS) is 14.5. The molecule has 0 aliphatic heterocycles. The Morgan fingerprint density at radius 1 is 1.33 bits per heavy atom. The topological polar surface area (TPSA) is 77.8 Å². The zero-order valence-corrected chi connectivity index (χ0v) is 8.47. The number of aliphatic carboxylic acids is 1. The van der Waals surface area contributed by atoms with Crippen LogP contribution in [0.25, 0.3) is 0 Å². The molecule has 0 spiro atoms. The van der Waals surface area contributed by atoms with Crippen molar-refractivity contribution in [1.29, 1.82) is 0 Å². The molecule has 0 aliphatic rings. The number of hydrogen-bond donors (Lipinski definition) is 3. The van der Waals surface area contributed by atoms with Crippen LogP contribution in [0.15, 0.2) is 24.3 Å². The maximum absolute atomic E-state index is 10.4. The predicted octanol–water partition coefficient (Wildman–Crippen LogP) is 1.46. The lowest BCUT2D eigenvalue weighted by atomic mass is 9.91. The minimum absolute atomic E-state index is 0.0894. The molecule has 0 radical (unpaired) electrons. The number of phenols is 1. The van der Waals surface area contributed by atoms with E-state index in [1.807, 2.05) is 0 Å². The first-order valence-corrected chi connectivity index (χ1v) is 4.65. The van der Waals surface area contributed by atoms with E-state index in [0.29, 0.717) is 5.56 Å². The Morgan fingerprint density at radius 3 is 2.33 bits per heavy atom. The Balaban J connectivity index is 2.76. The molecule has 3 N–H and O–H groups in total. The molecule has 0 heterocycles. The molecule has 0 saturated heterocycles. The van der Waals surface area contributed by atoms with Crippen LogP contribution in [-0.2, 0) is 10.4 Å². The highest BCUT2D eigenvalue weighted by Crippen LogP contribution is 2.27. The van der Waals surface area contributed by atoms with Crippen LogP contribution in [0.3, 0.4) is 0 Å². The SMILES string of the molecule is CC(O)(CCC(=O)O)c1ccc(O)cc1. The molecular weight excluding hydrogens is 196 g/mol. The highest BCUT2D eigenvalue weighted by Gasteiger charge is 2.23. The lowest BCUT2D eigenvalue weighted by Crippen LogP contribution is -2.22. The number of carboxylic acids is 1. The fraction of sp³-hybridized carbons (Fsp3) is 0.364. The van der Waals surface area contributed by atoms with E-state index >= 15 is 0 Å². The minimum atomic E-state index is -1.17. The Labute approximate surface area is 87.8 Å². The van der Waals surface area contributed by atoms with E-state index in [-0.39, 0.29) is 18.6 Å². The highest BCUT2D eigenvalue weighted by atomic mass is 16.4. The van der Waals surface area contributed by atoms with Crippen LogP contribution in [0.4, 0.5) is 0 Å². The van der Waals surface area contributed by atoms with Gasteiger partial charge < -0.3 is 15.3 Å². The van der Waals surface area contributed by atoms with Crippen LogP contribution in [0, 0.1) is 0 Å². The van der Waals surface area contributed by atoms with Gasteiger partial charge in [-0.25, -0.2) is 0 Å². The van der Waals surface area contributed by atoms with Gasteiger partial charge >= 0.3 is 5.97 Å². The number of rotatable bonds is 4. The molecule has 1 aromatic carbocycles. The number of aliphatic hydroxyl groups is 1. The van der Waals surface area contributed by atoms with Crippen molar-refractivity contribution in [1.82, 2.24) is 0 Å². The third-order valence-electron chi connectivity index (χ3n) is 2.31. The second-order valence-corrected chi connectivity index (χ2v) is 3.71. The van der Waals surface area contributed by atoms with Crippen LogP contribution in [0.2, 0.25) is 0 Å². The fourth-order valence-electron chi connectivity index (χ4n) is 1.32. The van der Waals surface area contributed by atoms with Gasteiger partial charge in [-0.15, -0.1) is 0 Å². The first-order valence-electron chi connectivity index (χ1n) is 4.65. The Kier molecular flexibility index (Phi) is 3.31. The van der Waals surface area contributed by atoms with E-state index in [0.717, 1.165) is 0 Å². The molecule has 4 nitrogen and oxygen atoms in total. The van der Waals surface area contributed by atoms with Crippen molar-refractivity contribution >= 4 is 5.97 Å². The van der Waals surface area contributed by atoms with Gasteiger partial charge in [0.25, 0.3) is 0 Å². The third kappa shape index (κ3) is 3.25. The fourth-order valence-corrected chi connectivity index (χ4v) is 1.32. The summed E-state index contributed by atoms with van der Waals surface area (Å²) in [6.45, 7) is 1.56. The molecule has 15 heavy (non-hydrogen) atoms. The van der Waals surface area contributed by atoms with Gasteiger partial charge in [0.15, 0.2) is 0 Å². The number of carbonyl (C=O) groups is 1. The van der Waals surface area contributed by atoms with E-state index in [4.69, 9.17) is 10.2 Å². The maximum Gasteiger partial charge on any atom is 0.303 e. The van der Waals surface area contributed by atoms with Gasteiger partial charge in [-0.05, 0) is 31.0 Å². The van der Waals surface area contributed by atoms with Gasteiger partial charge in [0.2, 0.25) is 0 Å². The molecule has 0 saturated carbocycles. The van der Waals surface area contributed by atoms with Crippen molar-refractivity contribution in [3.63, 3.8) is 0 Å². The first-order chi connectivity index (χ1) is 6.92. The molecule has 0 aliphatic carbocycles. The zero-order valence-electron chi connectivity index (χ0n) is 8.47. The van der Waals surface area contributed by atoms with E-state index in [2.05, 4.69) is 0 Å². The Morgan fingerprint density at radius 2 is 1.87 bits per heavy atom. The number of benzene rings is 1. The first kappa shape index (κ1) is 11.5. The van der Waals surface area contributed by atoms with Crippen molar-refractivity contribution in [3.8, 4) is 5.75 Å². The monoisotopic (exact) mass is 210 g/mol. The summed E-state index contributed by atoms with van der Waals surface area (Å²) in [4.78, 5) is 10.4. The van der Waals surface area contributed by atoms with Crippen molar-refractivity contribution < 1.29 is 20.1 Å². The highest BCUT2D eigenvalue weighted by molar-refractivity contribution is 5.66. The number of carboxylic acid groups (broad SMARTS) is 1. The number of hydrogen-bond acceptors (Lipinski definition) is 3. The maximum atomic E-state index is 10.4. The molecule has 0 amide bonds. The lowest BCUT2D eigenvalue weighted by molar-refractivity contribution is -0.138. The summed E-state index contributed by atoms with van der Waals surface area (Å²) in [5.41, 5.74) is -0.576. The third-order valence-corrected chi connectivity index (χ3v) is 2.31. The van der Waals surface area contributed by atoms with Gasteiger partial charge in [-0.2, -0.15) is 0 Å². The second-order valence-electron chi connectivity index (χ2n) is 3.71. The van der Waals surface area contributed by atoms with Gasteiger partial charge in [-0.3, -0.25) is 4.79 Å². The summed E-state index contributed by atoms with van der Waals surface area (Å²) in [5, 5.41) is 27.6. The summed E-state index contributed by atoms with van der Waals surface area (Å²) in [5.74, 6) is -0.818. The van der Waals surface area contributed by atoms with Crippen LogP contribution >= 0.6 is 0 Å². The van der Waals surface area contributed by atoms with E-state index in [9.17, 15) is 9.90 Å². The van der Waals surface area contributed by atoms with Crippen LogP contribution in [0.1, 0.15) is 25.3 Å². The van der Waals surface area contributed by atoms with Crippen molar-refractivity contribution in [2.24, 2.45) is 0 Å². The molecule has 0 aromatic heterocycles. The molecule has 4 heteroatoms. The average Bonchev–Trinajstić information content (AvgIpc) is 2.16. The van der Waals surface area contributed by atoms with Crippen molar-refractivity contribution in [2.75, 3.05) is 0 Å². The molecular formula is C11H14O4. The zero-order chi connectivity index (χ0) is 11.5. The standard InChI is InChI=1S/C11H14O4/c1-11(15,7-6-10(13)14)8-2-4-9(12)5-3-8/h2-5,12,15H,6-7H2,1H3,(H,13,14). The average molecular weight is 210 g/mol. The van der Waals surface area contributed by atoms with Gasteiger partial charge in [0, 0.05) is 6.42 Å². The molecule has 0 fully saturated rings. The predicted molar refractivity (Wildman–Crippen MR) is 54.5 cm³/mol. The number of aromatic hydroxyl groups is 1. The van der Waals surface area contributed by atoms with Gasteiger partial charge in [0.1, 0.15) is 5.75 Å².